The van der Waals surface area contributed by atoms with Gasteiger partial charge in [-0.25, -0.2) is 4.79 Å². The molecule has 0 aliphatic carbocycles. The lowest BCUT2D eigenvalue weighted by molar-refractivity contribution is -0.117. The zero-order valence-corrected chi connectivity index (χ0v) is 24.0. The highest BCUT2D eigenvalue weighted by molar-refractivity contribution is 6.90. The third kappa shape index (κ3) is 6.04. The first-order chi connectivity index (χ1) is 15.6. The van der Waals surface area contributed by atoms with Crippen LogP contribution in [0.2, 0.25) is 16.6 Å². The van der Waals surface area contributed by atoms with Gasteiger partial charge in [0.25, 0.3) is 0 Å². The molecule has 0 radical (unpaired) electrons. The minimum atomic E-state index is -1.87. The molecule has 2 amide bonds. The molecule has 1 aromatic rings. The molecule has 0 spiro atoms. The second-order valence-corrected chi connectivity index (χ2v) is 17.2. The van der Waals surface area contributed by atoms with E-state index in [1.807, 2.05) is 50.8 Å². The van der Waals surface area contributed by atoms with E-state index in [4.69, 9.17) is 4.74 Å². The van der Waals surface area contributed by atoms with Crippen LogP contribution in [0.1, 0.15) is 99.8 Å². The molecule has 1 heterocycles. The SMILES string of the molecule is CC(=O)N1c2ccc(C#C[Si](C(C)C)(C(C)C)C(C)C)cc2[C@H](NC(=O)OC(C)(C)C)C[C@@H]1C. The van der Waals surface area contributed by atoms with Crippen LogP contribution in [0.4, 0.5) is 10.5 Å². The fourth-order valence-corrected chi connectivity index (χ4v) is 10.8. The molecule has 0 aromatic heterocycles. The van der Waals surface area contributed by atoms with Gasteiger partial charge in [-0.1, -0.05) is 47.5 Å². The van der Waals surface area contributed by atoms with Crippen LogP contribution in [0.3, 0.4) is 0 Å². The molecule has 1 aliphatic heterocycles. The smallest absolute Gasteiger partial charge is 0.408 e. The van der Waals surface area contributed by atoms with Crippen molar-refractivity contribution in [1.82, 2.24) is 5.32 Å². The second kappa shape index (κ2) is 10.6. The molecule has 0 fully saturated rings. The summed E-state index contributed by atoms with van der Waals surface area (Å²) in [5.74, 6) is 3.51. The minimum Gasteiger partial charge on any atom is -0.444 e. The standard InChI is InChI=1S/C28H44N2O3Si/c1-18(2)34(19(3)4,20(5)6)15-14-23-12-13-26-24(17-23)25(16-21(7)30(26)22(8)31)29-27(32)33-28(9,10)11/h12-13,17-21,25H,16H2,1-11H3,(H,29,32)/t21-,25+/m0/s1. The highest BCUT2D eigenvalue weighted by Crippen LogP contribution is 2.41. The number of amides is 2. The monoisotopic (exact) mass is 484 g/mol. The topological polar surface area (TPSA) is 58.6 Å². The Hall–Kier alpha value is -2.26. The molecule has 6 heteroatoms. The molecule has 188 valence electrons. The minimum absolute atomic E-state index is 0.00542. The number of ether oxygens (including phenoxy) is 1. The Morgan fingerprint density at radius 2 is 1.65 bits per heavy atom. The van der Waals surface area contributed by atoms with Crippen LogP contribution in [0.25, 0.3) is 0 Å². The largest absolute Gasteiger partial charge is 0.444 e. The van der Waals surface area contributed by atoms with Crippen molar-refractivity contribution in [3.8, 4) is 11.5 Å². The number of carbonyl (C=O) groups is 2. The summed E-state index contributed by atoms with van der Waals surface area (Å²) in [6, 6.07) is 5.74. The number of rotatable bonds is 4. The number of anilines is 1. The van der Waals surface area contributed by atoms with Gasteiger partial charge in [0.2, 0.25) is 5.91 Å². The van der Waals surface area contributed by atoms with Crippen molar-refractivity contribution < 1.29 is 14.3 Å². The van der Waals surface area contributed by atoms with Gasteiger partial charge in [-0.05, 0) is 74.5 Å². The Kier molecular flexibility index (Phi) is 8.69. The lowest BCUT2D eigenvalue weighted by Gasteiger charge is -2.39. The Bertz CT molecular complexity index is 944. The zero-order valence-electron chi connectivity index (χ0n) is 23.0. The third-order valence-electron chi connectivity index (χ3n) is 7.00. The first-order valence-corrected chi connectivity index (χ1v) is 14.8. The van der Waals surface area contributed by atoms with Crippen LogP contribution in [0.15, 0.2) is 18.2 Å². The number of nitrogens with one attached hydrogen (secondary N) is 1. The Labute approximate surface area is 208 Å². The summed E-state index contributed by atoms with van der Waals surface area (Å²) >= 11 is 0. The summed E-state index contributed by atoms with van der Waals surface area (Å²) in [4.78, 5) is 26.9. The number of hydrogen-bond donors (Lipinski definition) is 1. The van der Waals surface area contributed by atoms with E-state index in [0.717, 1.165) is 16.8 Å². The molecule has 1 aromatic carbocycles. The highest BCUT2D eigenvalue weighted by atomic mass is 28.3. The van der Waals surface area contributed by atoms with E-state index in [2.05, 4.69) is 58.3 Å². The van der Waals surface area contributed by atoms with E-state index in [-0.39, 0.29) is 18.0 Å². The van der Waals surface area contributed by atoms with Crippen molar-refractivity contribution in [2.75, 3.05) is 4.90 Å². The maximum Gasteiger partial charge on any atom is 0.408 e. The molecule has 34 heavy (non-hydrogen) atoms. The van der Waals surface area contributed by atoms with Gasteiger partial charge >= 0.3 is 6.09 Å². The van der Waals surface area contributed by atoms with Crippen LogP contribution >= 0.6 is 0 Å². The number of carbonyl (C=O) groups excluding carboxylic acids is 2. The predicted octanol–water partition coefficient (Wildman–Crippen LogP) is 6.97. The van der Waals surface area contributed by atoms with E-state index in [1.165, 1.54) is 0 Å². The van der Waals surface area contributed by atoms with E-state index >= 15 is 0 Å². The summed E-state index contributed by atoms with van der Waals surface area (Å²) < 4.78 is 5.51. The number of nitrogens with zero attached hydrogens (tertiary/aromatic N) is 1. The Morgan fingerprint density at radius 1 is 1.09 bits per heavy atom. The van der Waals surface area contributed by atoms with E-state index in [0.29, 0.717) is 23.0 Å². The molecular weight excluding hydrogens is 440 g/mol. The van der Waals surface area contributed by atoms with Gasteiger partial charge in [0, 0.05) is 24.2 Å². The predicted molar refractivity (Wildman–Crippen MR) is 144 cm³/mol. The average Bonchev–Trinajstić information content (AvgIpc) is 2.65. The van der Waals surface area contributed by atoms with Gasteiger partial charge in [-0.2, -0.15) is 0 Å². The van der Waals surface area contributed by atoms with E-state index in [9.17, 15) is 9.59 Å². The highest BCUT2D eigenvalue weighted by Gasteiger charge is 2.42. The van der Waals surface area contributed by atoms with Crippen LogP contribution in [0.5, 0.6) is 0 Å². The average molecular weight is 485 g/mol. The van der Waals surface area contributed by atoms with Crippen LogP contribution < -0.4 is 10.2 Å². The first-order valence-electron chi connectivity index (χ1n) is 12.6. The molecule has 0 saturated heterocycles. The van der Waals surface area contributed by atoms with Gasteiger partial charge in [0.1, 0.15) is 13.7 Å². The summed E-state index contributed by atoms with van der Waals surface area (Å²) in [5.41, 5.74) is 7.52. The number of hydrogen-bond acceptors (Lipinski definition) is 3. The molecule has 0 bridgehead atoms. The zero-order chi connectivity index (χ0) is 26.0. The second-order valence-electron chi connectivity index (χ2n) is 11.6. The molecule has 1 N–H and O–H groups in total. The van der Waals surface area contributed by atoms with Gasteiger partial charge in [0.05, 0.1) is 6.04 Å². The third-order valence-corrected chi connectivity index (χ3v) is 13.3. The molecule has 0 unspecified atom stereocenters. The van der Waals surface area contributed by atoms with Crippen molar-refractivity contribution in [3.05, 3.63) is 29.3 Å². The van der Waals surface area contributed by atoms with Crippen molar-refractivity contribution in [2.45, 2.75) is 117 Å². The first kappa shape index (κ1) is 28.0. The van der Waals surface area contributed by atoms with Crippen molar-refractivity contribution in [1.29, 1.82) is 0 Å². The number of fused-ring (bicyclic) bond motifs is 1. The van der Waals surface area contributed by atoms with E-state index in [1.54, 1.807) is 6.92 Å². The number of alkyl carbamates (subject to hydrolysis) is 1. The number of benzene rings is 1. The van der Waals surface area contributed by atoms with Gasteiger partial charge < -0.3 is 15.0 Å². The van der Waals surface area contributed by atoms with Gasteiger partial charge in [-0.3, -0.25) is 4.79 Å². The lowest BCUT2D eigenvalue weighted by atomic mass is 9.90. The molecular formula is C28H44N2O3Si. The normalized spacial score (nSPS) is 18.5. The lowest BCUT2D eigenvalue weighted by Crippen LogP contribution is -2.46. The van der Waals surface area contributed by atoms with Crippen LogP contribution in [-0.4, -0.2) is 31.7 Å². The van der Waals surface area contributed by atoms with Crippen molar-refractivity contribution in [2.24, 2.45) is 0 Å². The van der Waals surface area contributed by atoms with Gasteiger partial charge in [-0.15, -0.1) is 5.54 Å². The molecule has 2 rings (SSSR count). The van der Waals surface area contributed by atoms with Crippen molar-refractivity contribution in [3.63, 3.8) is 0 Å². The van der Waals surface area contributed by atoms with Gasteiger partial charge in [0.15, 0.2) is 0 Å². The fraction of sp³-hybridized carbons (Fsp3) is 0.643. The molecule has 2 atom stereocenters. The van der Waals surface area contributed by atoms with E-state index < -0.39 is 19.8 Å². The molecule has 0 saturated carbocycles. The summed E-state index contributed by atoms with van der Waals surface area (Å²) in [6.45, 7) is 23.0. The summed E-state index contributed by atoms with van der Waals surface area (Å²) in [7, 11) is -1.87. The van der Waals surface area contributed by atoms with Crippen LogP contribution in [-0.2, 0) is 9.53 Å². The molecule has 5 nitrogen and oxygen atoms in total. The summed E-state index contributed by atoms with van der Waals surface area (Å²) in [6.07, 6.45) is 0.167. The quantitative estimate of drug-likeness (QED) is 0.371. The van der Waals surface area contributed by atoms with Crippen LogP contribution in [0, 0.1) is 11.5 Å². The van der Waals surface area contributed by atoms with Crippen molar-refractivity contribution >= 4 is 25.8 Å². The molecule has 1 aliphatic rings. The fourth-order valence-electron chi connectivity index (χ4n) is 5.62. The Morgan fingerprint density at radius 3 is 2.12 bits per heavy atom. The summed E-state index contributed by atoms with van der Waals surface area (Å²) in [5, 5.41) is 3.04. The Balaban J connectivity index is 2.55. The maximum absolute atomic E-state index is 12.6. The maximum atomic E-state index is 12.6.